The van der Waals surface area contributed by atoms with Gasteiger partial charge in [-0.15, -0.1) is 0 Å². The van der Waals surface area contributed by atoms with Gasteiger partial charge in [0.2, 0.25) is 0 Å². The highest BCUT2D eigenvalue weighted by atomic mass is 19.3. The van der Waals surface area contributed by atoms with Crippen molar-refractivity contribution in [1.29, 1.82) is 0 Å². The van der Waals surface area contributed by atoms with Gasteiger partial charge in [-0.05, 0) is 23.3 Å². The molecule has 2 aromatic rings. The molecule has 1 heterocycles. The summed E-state index contributed by atoms with van der Waals surface area (Å²) in [5, 5.41) is 5.39. The minimum absolute atomic E-state index is 0.344. The maximum Gasteiger partial charge on any atom is 0.408 e. The smallest absolute Gasteiger partial charge is 0.408 e. The number of alkyl halides is 2. The Morgan fingerprint density at radius 3 is 2.52 bits per heavy atom. The van der Waals surface area contributed by atoms with Gasteiger partial charge in [0.25, 0.3) is 0 Å². The minimum Gasteiger partial charge on any atom is -0.443 e. The molecule has 2 N–H and O–H groups in total. The third-order valence-electron chi connectivity index (χ3n) is 3.66. The van der Waals surface area contributed by atoms with Gasteiger partial charge in [-0.3, -0.25) is 0 Å². The number of rotatable bonds is 4. The summed E-state index contributed by atoms with van der Waals surface area (Å²) in [6.07, 6.45) is -0.827. The van der Waals surface area contributed by atoms with E-state index in [0.717, 1.165) is 11.3 Å². The number of cyclic esters (lactones) is 1. The number of amides is 1. The molecule has 0 saturated carbocycles. The van der Waals surface area contributed by atoms with Crippen molar-refractivity contribution >= 4 is 11.8 Å². The van der Waals surface area contributed by atoms with Crippen LogP contribution in [0.2, 0.25) is 0 Å². The number of carbonyl (C=O) groups is 1. The highest BCUT2D eigenvalue weighted by Gasteiger charge is 2.46. The predicted molar refractivity (Wildman–Crippen MR) is 82.4 cm³/mol. The molecule has 0 aliphatic carbocycles. The summed E-state index contributed by atoms with van der Waals surface area (Å²) >= 11 is 0. The number of alkyl carbamates (subject to hydrolysis) is 1. The second-order valence-electron chi connectivity index (χ2n) is 5.38. The third kappa shape index (κ3) is 3.59. The first kappa shape index (κ1) is 15.3. The van der Waals surface area contributed by atoms with Gasteiger partial charge in [0.05, 0.1) is 0 Å². The lowest BCUT2D eigenvalue weighted by Gasteiger charge is -2.31. The molecule has 23 heavy (non-hydrogen) atoms. The van der Waals surface area contributed by atoms with Crippen molar-refractivity contribution in [2.45, 2.75) is 18.5 Å². The van der Waals surface area contributed by atoms with Crippen LogP contribution in [-0.4, -0.2) is 18.6 Å². The molecular weight excluding hydrogens is 302 g/mol. The van der Waals surface area contributed by atoms with Crippen LogP contribution in [-0.2, 0) is 11.3 Å². The summed E-state index contributed by atoms with van der Waals surface area (Å²) in [4.78, 5) is 11.2. The number of carbonyl (C=O) groups excluding carboxylic acids is 1. The summed E-state index contributed by atoms with van der Waals surface area (Å²) in [5.74, 6) is -3.13. The Kier molecular flexibility index (Phi) is 4.14. The van der Waals surface area contributed by atoms with Gasteiger partial charge in [0, 0.05) is 12.2 Å². The van der Waals surface area contributed by atoms with E-state index < -0.39 is 24.7 Å². The van der Waals surface area contributed by atoms with E-state index in [1.54, 1.807) is 24.3 Å². The van der Waals surface area contributed by atoms with E-state index in [-0.39, 0.29) is 0 Å². The second kappa shape index (κ2) is 6.24. The maximum atomic E-state index is 13.8. The Morgan fingerprint density at radius 1 is 1.13 bits per heavy atom. The number of hydrogen-bond acceptors (Lipinski definition) is 3. The van der Waals surface area contributed by atoms with E-state index in [9.17, 15) is 13.6 Å². The number of halogens is 2. The lowest BCUT2D eigenvalue weighted by atomic mass is 10.00. The average Bonchev–Trinajstić information content (AvgIpc) is 2.57. The van der Waals surface area contributed by atoms with Crippen LogP contribution in [0.3, 0.4) is 0 Å². The highest BCUT2D eigenvalue weighted by molar-refractivity contribution is 5.69. The van der Waals surface area contributed by atoms with E-state index in [2.05, 4.69) is 15.4 Å². The fourth-order valence-corrected chi connectivity index (χ4v) is 2.43. The number of hydrogen-bond donors (Lipinski definition) is 2. The monoisotopic (exact) mass is 318 g/mol. The van der Waals surface area contributed by atoms with Crippen LogP contribution in [0.5, 0.6) is 0 Å². The Hall–Kier alpha value is -2.63. The standard InChI is InChI=1S/C17H16F2N2O2/c18-17(19)11-23-16(22)21-15(17)13-6-8-14(9-7-13)20-10-12-4-2-1-3-5-12/h1-9,15,20H,10-11H2,(H,21,22)/t15-/m0/s1. The quantitative estimate of drug-likeness (QED) is 0.903. The molecule has 1 saturated heterocycles. The maximum absolute atomic E-state index is 13.8. The van der Waals surface area contributed by atoms with Gasteiger partial charge in [-0.25, -0.2) is 13.6 Å². The molecule has 0 aromatic heterocycles. The predicted octanol–water partition coefficient (Wildman–Crippen LogP) is 3.71. The number of benzene rings is 2. The van der Waals surface area contributed by atoms with Gasteiger partial charge >= 0.3 is 12.0 Å². The molecule has 3 rings (SSSR count). The largest absolute Gasteiger partial charge is 0.443 e. The average molecular weight is 318 g/mol. The first-order chi connectivity index (χ1) is 11.0. The second-order valence-corrected chi connectivity index (χ2v) is 5.38. The van der Waals surface area contributed by atoms with Crippen molar-refractivity contribution in [2.24, 2.45) is 0 Å². The first-order valence-corrected chi connectivity index (χ1v) is 7.23. The van der Waals surface area contributed by atoms with Crippen molar-refractivity contribution in [3.05, 3.63) is 65.7 Å². The molecule has 1 aliphatic rings. The molecule has 0 bridgehead atoms. The normalized spacial score (nSPS) is 19.6. The molecule has 120 valence electrons. The Balaban J connectivity index is 1.68. The lowest BCUT2D eigenvalue weighted by Crippen LogP contribution is -2.49. The molecule has 2 aromatic carbocycles. The van der Waals surface area contributed by atoms with Gasteiger partial charge in [-0.2, -0.15) is 0 Å². The molecule has 1 amide bonds. The number of ether oxygens (including phenoxy) is 1. The molecule has 1 aliphatic heterocycles. The topological polar surface area (TPSA) is 50.4 Å². The Morgan fingerprint density at radius 2 is 1.83 bits per heavy atom. The van der Waals surface area contributed by atoms with E-state index in [4.69, 9.17) is 0 Å². The van der Waals surface area contributed by atoms with Crippen LogP contribution >= 0.6 is 0 Å². The SMILES string of the molecule is O=C1N[C@@H](c2ccc(NCc3ccccc3)cc2)C(F)(F)CO1. The molecule has 1 fully saturated rings. The lowest BCUT2D eigenvalue weighted by molar-refractivity contribution is -0.104. The molecule has 0 spiro atoms. The highest BCUT2D eigenvalue weighted by Crippen LogP contribution is 2.34. The van der Waals surface area contributed by atoms with Crippen LogP contribution in [0.15, 0.2) is 54.6 Å². The van der Waals surface area contributed by atoms with Crippen LogP contribution in [0.1, 0.15) is 17.2 Å². The molecule has 1 atom stereocenters. The van der Waals surface area contributed by atoms with Gasteiger partial charge < -0.3 is 15.4 Å². The van der Waals surface area contributed by atoms with E-state index >= 15 is 0 Å². The summed E-state index contributed by atoms with van der Waals surface area (Å²) in [7, 11) is 0. The van der Waals surface area contributed by atoms with Crippen molar-refractivity contribution in [2.75, 3.05) is 11.9 Å². The zero-order valence-corrected chi connectivity index (χ0v) is 12.3. The van der Waals surface area contributed by atoms with Crippen molar-refractivity contribution < 1.29 is 18.3 Å². The fraction of sp³-hybridized carbons (Fsp3) is 0.235. The number of anilines is 1. The van der Waals surface area contributed by atoms with Crippen LogP contribution in [0, 0.1) is 0 Å². The van der Waals surface area contributed by atoms with Gasteiger partial charge in [-0.1, -0.05) is 42.5 Å². The summed E-state index contributed by atoms with van der Waals surface area (Å²) in [6, 6.07) is 15.1. The van der Waals surface area contributed by atoms with Crippen molar-refractivity contribution in [3.63, 3.8) is 0 Å². The minimum atomic E-state index is -3.13. The van der Waals surface area contributed by atoms with Crippen LogP contribution < -0.4 is 10.6 Å². The van der Waals surface area contributed by atoms with E-state index in [1.165, 1.54) is 0 Å². The third-order valence-corrected chi connectivity index (χ3v) is 3.66. The molecule has 4 nitrogen and oxygen atoms in total. The van der Waals surface area contributed by atoms with Crippen molar-refractivity contribution in [3.8, 4) is 0 Å². The Bertz CT molecular complexity index is 675. The molecule has 6 heteroatoms. The fourth-order valence-electron chi connectivity index (χ4n) is 2.43. The van der Waals surface area contributed by atoms with Crippen molar-refractivity contribution in [1.82, 2.24) is 5.32 Å². The Labute approximate surface area is 132 Å². The van der Waals surface area contributed by atoms with E-state index in [1.807, 2.05) is 30.3 Å². The number of nitrogens with one attached hydrogen (secondary N) is 2. The van der Waals surface area contributed by atoms with Gasteiger partial charge in [0.1, 0.15) is 6.04 Å². The van der Waals surface area contributed by atoms with Crippen LogP contribution in [0.25, 0.3) is 0 Å². The first-order valence-electron chi connectivity index (χ1n) is 7.23. The summed E-state index contributed by atoms with van der Waals surface area (Å²) in [6.45, 7) is -0.262. The summed E-state index contributed by atoms with van der Waals surface area (Å²) < 4.78 is 32.0. The van der Waals surface area contributed by atoms with Crippen LogP contribution in [0.4, 0.5) is 19.3 Å². The molecule has 0 radical (unpaired) electrons. The molecular formula is C17H16F2N2O2. The zero-order chi connectivity index (χ0) is 16.3. The molecule has 0 unspecified atom stereocenters. The summed E-state index contributed by atoms with van der Waals surface area (Å²) in [5.41, 5.74) is 2.29. The zero-order valence-electron chi connectivity index (χ0n) is 12.3. The van der Waals surface area contributed by atoms with E-state index in [0.29, 0.717) is 12.1 Å². The van der Waals surface area contributed by atoms with Gasteiger partial charge in [0.15, 0.2) is 6.61 Å².